The fraction of sp³-hybridized carbons (Fsp3) is 0. The first-order valence-electron chi connectivity index (χ1n) is 0.532. The van der Waals surface area contributed by atoms with E-state index in [1.807, 2.05) is 0 Å². The maximum atomic E-state index is 8.67. The van der Waals surface area contributed by atoms with Gasteiger partial charge in [0.25, 0.3) is 11.4 Å². The zero-order chi connectivity index (χ0) is 3.58. The van der Waals surface area contributed by atoms with Gasteiger partial charge in [-0.2, -0.15) is 4.21 Å². The van der Waals surface area contributed by atoms with Crippen LogP contribution in [0, 0.1) is 0 Å². The molecule has 90 valence electrons. The molecule has 0 aliphatic rings. The molecule has 16 N–H and O–H groups in total. The standard InChI is InChI=1S/Fe.H2O3S.7H2O/c;1-4(2)3;;;;;;;/h;(H2,1,2,3);7*1H2. The first-order chi connectivity index (χ1) is 1.73. The molecule has 0 aromatic rings. The molecule has 0 fully saturated rings. The molecular formula is H16FeO10S. The molecule has 0 aliphatic carbocycles. The minimum atomic E-state index is -2.61. The summed E-state index contributed by atoms with van der Waals surface area (Å²) < 4.78 is 22.8. The number of hydrogen-bond acceptors (Lipinski definition) is 1. The van der Waals surface area contributed by atoms with Gasteiger partial charge < -0.3 is 38.3 Å². The predicted molar refractivity (Wildman–Crippen MR) is 38.7 cm³/mol. The van der Waals surface area contributed by atoms with Crippen molar-refractivity contribution in [3.63, 3.8) is 0 Å². The smallest absolute Gasteiger partial charge is 0.299 e. The molecule has 0 aromatic heterocycles. The van der Waals surface area contributed by atoms with Crippen LogP contribution < -0.4 is 0 Å². The van der Waals surface area contributed by atoms with Gasteiger partial charge in [0, 0.05) is 17.1 Å². The van der Waals surface area contributed by atoms with Gasteiger partial charge in [0.05, 0.1) is 0 Å². The van der Waals surface area contributed by atoms with E-state index in [9.17, 15) is 0 Å². The van der Waals surface area contributed by atoms with Crippen LogP contribution in [0.4, 0.5) is 0 Å². The molecule has 12 heteroatoms. The maximum Gasteiger partial charge on any atom is 0.299 e. The molecule has 0 amide bonds. The summed E-state index contributed by atoms with van der Waals surface area (Å²) in [6, 6.07) is 0. The van der Waals surface area contributed by atoms with Crippen molar-refractivity contribution in [2.75, 3.05) is 0 Å². The molecule has 12 heavy (non-hydrogen) atoms. The van der Waals surface area contributed by atoms with Crippen LogP contribution in [0.15, 0.2) is 0 Å². The van der Waals surface area contributed by atoms with E-state index < -0.39 is 11.4 Å². The summed E-state index contributed by atoms with van der Waals surface area (Å²) in [4.78, 5) is 0. The molecule has 0 radical (unpaired) electrons. The van der Waals surface area contributed by atoms with E-state index in [4.69, 9.17) is 13.3 Å². The van der Waals surface area contributed by atoms with Gasteiger partial charge in [0.15, 0.2) is 0 Å². The van der Waals surface area contributed by atoms with Gasteiger partial charge in [-0.1, -0.05) is 0 Å². The van der Waals surface area contributed by atoms with Gasteiger partial charge in [-0.25, -0.2) is 0 Å². The Morgan fingerprint density at radius 3 is 0.667 bits per heavy atom. The third kappa shape index (κ3) is 9330. The number of rotatable bonds is 0. The van der Waals surface area contributed by atoms with Crippen LogP contribution in [0.25, 0.3) is 0 Å². The Kier molecular flexibility index (Phi) is 1310. The molecule has 0 aliphatic heterocycles. The van der Waals surface area contributed by atoms with Crippen LogP contribution >= 0.6 is 0 Å². The van der Waals surface area contributed by atoms with Crippen molar-refractivity contribution in [3.8, 4) is 0 Å². The quantitative estimate of drug-likeness (QED) is 0.319. The Labute approximate surface area is 80.7 Å². The second-order valence-electron chi connectivity index (χ2n) is 0.231. The fourth-order valence-electron chi connectivity index (χ4n) is 0. The van der Waals surface area contributed by atoms with E-state index in [2.05, 4.69) is 0 Å². The summed E-state index contributed by atoms with van der Waals surface area (Å²) in [7, 11) is 0. The largest absolute Gasteiger partial charge is 0.412 e. The minimum absolute atomic E-state index is 0. The summed E-state index contributed by atoms with van der Waals surface area (Å²) in [5.74, 6) is 0. The summed E-state index contributed by atoms with van der Waals surface area (Å²) in [6.45, 7) is 0. The molecule has 0 rings (SSSR count). The topological polar surface area (TPSA) is 278 Å². The van der Waals surface area contributed by atoms with Crippen molar-refractivity contribution < 1.29 is 68.7 Å². The predicted octanol–water partition coefficient (Wildman–Crippen LogP) is -6.09. The second kappa shape index (κ2) is 110. The van der Waals surface area contributed by atoms with E-state index in [1.165, 1.54) is 0 Å². The molecule has 0 saturated heterocycles. The van der Waals surface area contributed by atoms with Crippen LogP contribution in [0.5, 0.6) is 0 Å². The average molecular weight is 264 g/mol. The third-order valence-corrected chi connectivity index (χ3v) is 0. The maximum absolute atomic E-state index is 8.67. The summed E-state index contributed by atoms with van der Waals surface area (Å²) >= 11 is -2.61. The van der Waals surface area contributed by atoms with Crippen LogP contribution in [0.2, 0.25) is 0 Å². The van der Waals surface area contributed by atoms with Crippen LogP contribution in [0.1, 0.15) is 0 Å². The van der Waals surface area contributed by atoms with Crippen LogP contribution in [-0.2, 0) is 28.4 Å². The van der Waals surface area contributed by atoms with Crippen molar-refractivity contribution in [1.82, 2.24) is 0 Å². The van der Waals surface area contributed by atoms with E-state index >= 15 is 0 Å². The zero-order valence-electron chi connectivity index (χ0n) is 5.56. The Bertz CT molecular complexity index is 32.8. The Balaban J connectivity index is -0.00000000161. The molecule has 0 atom stereocenters. The normalized spacial score (nSPS) is 2.92. The molecule has 0 unspecified atom stereocenters. The van der Waals surface area contributed by atoms with E-state index in [1.54, 1.807) is 0 Å². The van der Waals surface area contributed by atoms with Crippen molar-refractivity contribution in [3.05, 3.63) is 0 Å². The first-order valence-corrected chi connectivity index (χ1v) is 1.60. The summed E-state index contributed by atoms with van der Waals surface area (Å²) in [5, 5.41) is 0. The first kappa shape index (κ1) is 144. The monoisotopic (exact) mass is 264 g/mol. The Hall–Kier alpha value is 0.309. The van der Waals surface area contributed by atoms with Gasteiger partial charge in [0.1, 0.15) is 0 Å². The van der Waals surface area contributed by atoms with Crippen LogP contribution in [-0.4, -0.2) is 51.6 Å². The van der Waals surface area contributed by atoms with E-state index in [0.717, 1.165) is 0 Å². The third-order valence-electron chi connectivity index (χ3n) is 0. The van der Waals surface area contributed by atoms with E-state index in [0.29, 0.717) is 0 Å². The van der Waals surface area contributed by atoms with Crippen molar-refractivity contribution in [2.24, 2.45) is 0 Å². The molecule has 0 spiro atoms. The average Bonchev–Trinajstić information content (AvgIpc) is 0.811. The Morgan fingerprint density at radius 1 is 0.667 bits per heavy atom. The Morgan fingerprint density at radius 2 is 0.667 bits per heavy atom. The zero-order valence-corrected chi connectivity index (χ0v) is 7.49. The second-order valence-corrected chi connectivity index (χ2v) is 0.692. The van der Waals surface area contributed by atoms with Crippen LogP contribution in [0.3, 0.4) is 0 Å². The fourth-order valence-corrected chi connectivity index (χ4v) is 0. The van der Waals surface area contributed by atoms with E-state index in [-0.39, 0.29) is 55.4 Å². The summed E-state index contributed by atoms with van der Waals surface area (Å²) in [5.41, 5.74) is 0. The molecule has 0 bridgehead atoms. The van der Waals surface area contributed by atoms with Gasteiger partial charge in [-0.3, -0.25) is 9.11 Å². The number of hydrogen-bond donors (Lipinski definition) is 2. The molecule has 10 nitrogen and oxygen atoms in total. The van der Waals surface area contributed by atoms with Crippen molar-refractivity contribution in [1.29, 1.82) is 0 Å². The van der Waals surface area contributed by atoms with Crippen molar-refractivity contribution in [2.45, 2.75) is 0 Å². The molecule has 0 aromatic carbocycles. The van der Waals surface area contributed by atoms with Gasteiger partial charge >= 0.3 is 0 Å². The van der Waals surface area contributed by atoms with Gasteiger partial charge in [-0.05, 0) is 0 Å². The minimum Gasteiger partial charge on any atom is -0.412 e. The SMILES string of the molecule is O.O.O.O.O.O.O.O=S(O)O.[Fe]. The van der Waals surface area contributed by atoms with Gasteiger partial charge in [0.2, 0.25) is 0 Å². The molecule has 0 heterocycles. The summed E-state index contributed by atoms with van der Waals surface area (Å²) in [6.07, 6.45) is 0. The molecule has 0 saturated carbocycles. The molecular weight excluding hydrogens is 248 g/mol. The van der Waals surface area contributed by atoms with Gasteiger partial charge in [-0.15, -0.1) is 0 Å². The van der Waals surface area contributed by atoms with Crippen molar-refractivity contribution >= 4 is 11.4 Å².